The van der Waals surface area contributed by atoms with Crippen LogP contribution in [0.25, 0.3) is 10.9 Å². The second-order valence-electron chi connectivity index (χ2n) is 5.01. The molecule has 21 heavy (non-hydrogen) atoms. The molecule has 1 aromatic heterocycles. The van der Waals surface area contributed by atoms with Gasteiger partial charge in [0, 0.05) is 16.1 Å². The summed E-state index contributed by atoms with van der Waals surface area (Å²) in [6.07, 6.45) is 2.72. The quantitative estimate of drug-likeness (QED) is 0.561. The fourth-order valence-electron chi connectivity index (χ4n) is 2.41. The molecule has 0 spiro atoms. The van der Waals surface area contributed by atoms with Gasteiger partial charge in [0.05, 0.1) is 11.6 Å². The third kappa shape index (κ3) is 3.29. The van der Waals surface area contributed by atoms with E-state index in [1.165, 1.54) is 5.56 Å². The molecule has 0 aliphatic rings. The molecule has 0 saturated heterocycles. The standard InChI is InChI=1S/C17H16BrN3/c18-15-7-5-12(6-8-15)9-17(21-19)14-10-13-3-1-2-4-16(13)20-11-14/h1-8,10-11,17,21H,9,19H2. The minimum absolute atomic E-state index is 0.0447. The lowest BCUT2D eigenvalue weighted by atomic mass is 9.99. The summed E-state index contributed by atoms with van der Waals surface area (Å²) in [7, 11) is 0. The van der Waals surface area contributed by atoms with E-state index in [2.05, 4.69) is 50.6 Å². The zero-order valence-corrected chi connectivity index (χ0v) is 13.0. The highest BCUT2D eigenvalue weighted by Crippen LogP contribution is 2.22. The average molecular weight is 342 g/mol. The largest absolute Gasteiger partial charge is 0.271 e. The van der Waals surface area contributed by atoms with Gasteiger partial charge in [-0.25, -0.2) is 0 Å². The Bertz CT molecular complexity index is 740. The van der Waals surface area contributed by atoms with Crippen LogP contribution >= 0.6 is 15.9 Å². The van der Waals surface area contributed by atoms with Crippen molar-refractivity contribution in [2.24, 2.45) is 5.84 Å². The number of hydrogen-bond acceptors (Lipinski definition) is 3. The number of pyridine rings is 1. The molecule has 3 aromatic rings. The summed E-state index contributed by atoms with van der Waals surface area (Å²) >= 11 is 3.45. The number of para-hydroxylation sites is 1. The zero-order valence-electron chi connectivity index (χ0n) is 11.5. The molecular formula is C17H16BrN3. The van der Waals surface area contributed by atoms with E-state index in [1.807, 2.05) is 36.5 Å². The normalized spacial score (nSPS) is 12.5. The Labute approximate surface area is 132 Å². The first kappa shape index (κ1) is 14.2. The molecule has 0 saturated carbocycles. The van der Waals surface area contributed by atoms with Crippen LogP contribution in [-0.4, -0.2) is 4.98 Å². The predicted molar refractivity (Wildman–Crippen MR) is 89.7 cm³/mol. The molecule has 106 valence electrons. The first-order chi connectivity index (χ1) is 10.3. The molecule has 0 radical (unpaired) electrons. The van der Waals surface area contributed by atoms with Gasteiger partial charge in [-0.15, -0.1) is 0 Å². The fourth-order valence-corrected chi connectivity index (χ4v) is 2.67. The fraction of sp³-hybridized carbons (Fsp3) is 0.118. The van der Waals surface area contributed by atoms with E-state index < -0.39 is 0 Å². The Balaban J connectivity index is 1.88. The summed E-state index contributed by atoms with van der Waals surface area (Å²) in [4.78, 5) is 4.50. The lowest BCUT2D eigenvalue weighted by Crippen LogP contribution is -2.29. The smallest absolute Gasteiger partial charge is 0.0702 e. The SMILES string of the molecule is NNC(Cc1ccc(Br)cc1)c1cnc2ccccc2c1. The van der Waals surface area contributed by atoms with Crippen LogP contribution in [0.1, 0.15) is 17.2 Å². The molecule has 0 aliphatic heterocycles. The van der Waals surface area contributed by atoms with E-state index in [4.69, 9.17) is 5.84 Å². The van der Waals surface area contributed by atoms with Crippen LogP contribution in [-0.2, 0) is 6.42 Å². The number of hydrazine groups is 1. The van der Waals surface area contributed by atoms with Crippen molar-refractivity contribution in [3.63, 3.8) is 0 Å². The van der Waals surface area contributed by atoms with Gasteiger partial charge in [0.2, 0.25) is 0 Å². The molecule has 0 bridgehead atoms. The molecule has 1 atom stereocenters. The second-order valence-corrected chi connectivity index (χ2v) is 5.93. The summed E-state index contributed by atoms with van der Waals surface area (Å²) in [5.74, 6) is 5.74. The maximum atomic E-state index is 5.74. The number of benzene rings is 2. The number of rotatable bonds is 4. The van der Waals surface area contributed by atoms with Gasteiger partial charge < -0.3 is 0 Å². The van der Waals surface area contributed by atoms with Crippen LogP contribution in [0.2, 0.25) is 0 Å². The van der Waals surface area contributed by atoms with Crippen molar-refractivity contribution in [3.05, 3.63) is 76.4 Å². The number of nitrogens with two attached hydrogens (primary N) is 1. The number of aromatic nitrogens is 1. The van der Waals surface area contributed by atoms with Crippen molar-refractivity contribution >= 4 is 26.8 Å². The number of hydrogen-bond donors (Lipinski definition) is 2. The molecule has 3 rings (SSSR count). The molecule has 1 unspecified atom stereocenters. The highest BCUT2D eigenvalue weighted by molar-refractivity contribution is 9.10. The van der Waals surface area contributed by atoms with Crippen LogP contribution in [0.5, 0.6) is 0 Å². The third-order valence-corrected chi connectivity index (χ3v) is 4.10. The summed E-state index contributed by atoms with van der Waals surface area (Å²) in [5.41, 5.74) is 6.22. The molecule has 2 aromatic carbocycles. The summed E-state index contributed by atoms with van der Waals surface area (Å²) in [6, 6.07) is 18.6. The Morgan fingerprint density at radius 1 is 1.10 bits per heavy atom. The Morgan fingerprint density at radius 2 is 1.86 bits per heavy atom. The van der Waals surface area contributed by atoms with Crippen molar-refractivity contribution in [1.82, 2.24) is 10.4 Å². The molecule has 3 N–H and O–H groups in total. The lowest BCUT2D eigenvalue weighted by Gasteiger charge is -2.16. The Hall–Kier alpha value is -1.75. The van der Waals surface area contributed by atoms with Crippen molar-refractivity contribution in [1.29, 1.82) is 0 Å². The second kappa shape index (κ2) is 6.35. The lowest BCUT2D eigenvalue weighted by molar-refractivity contribution is 0.551. The highest BCUT2D eigenvalue weighted by atomic mass is 79.9. The number of halogens is 1. The van der Waals surface area contributed by atoms with Gasteiger partial charge >= 0.3 is 0 Å². The first-order valence-corrected chi connectivity index (χ1v) is 7.61. The topological polar surface area (TPSA) is 50.9 Å². The van der Waals surface area contributed by atoms with Gasteiger partial charge in [0.25, 0.3) is 0 Å². The van der Waals surface area contributed by atoms with E-state index in [0.29, 0.717) is 0 Å². The van der Waals surface area contributed by atoms with Crippen LogP contribution in [0, 0.1) is 0 Å². The summed E-state index contributed by atoms with van der Waals surface area (Å²) in [5, 5.41) is 1.13. The predicted octanol–water partition coefficient (Wildman–Crippen LogP) is 3.74. The molecule has 0 fully saturated rings. The number of nitrogens with zero attached hydrogens (tertiary/aromatic N) is 1. The van der Waals surface area contributed by atoms with Gasteiger partial charge in [0.15, 0.2) is 0 Å². The summed E-state index contributed by atoms with van der Waals surface area (Å²) < 4.78 is 1.08. The first-order valence-electron chi connectivity index (χ1n) is 6.81. The van der Waals surface area contributed by atoms with Crippen molar-refractivity contribution in [3.8, 4) is 0 Å². The maximum absolute atomic E-state index is 5.74. The minimum Gasteiger partial charge on any atom is -0.271 e. The van der Waals surface area contributed by atoms with Gasteiger partial charge in [-0.2, -0.15) is 0 Å². The number of fused-ring (bicyclic) bond motifs is 1. The highest BCUT2D eigenvalue weighted by Gasteiger charge is 2.11. The Morgan fingerprint density at radius 3 is 2.62 bits per heavy atom. The molecule has 4 heteroatoms. The van der Waals surface area contributed by atoms with Crippen LogP contribution < -0.4 is 11.3 Å². The van der Waals surface area contributed by atoms with Gasteiger partial charge in [-0.1, -0.05) is 46.3 Å². The van der Waals surface area contributed by atoms with Crippen LogP contribution in [0.4, 0.5) is 0 Å². The Kier molecular flexibility index (Phi) is 4.29. The van der Waals surface area contributed by atoms with E-state index in [0.717, 1.165) is 27.4 Å². The van der Waals surface area contributed by atoms with E-state index in [-0.39, 0.29) is 6.04 Å². The van der Waals surface area contributed by atoms with Gasteiger partial charge in [0.1, 0.15) is 0 Å². The van der Waals surface area contributed by atoms with Gasteiger partial charge in [-0.3, -0.25) is 16.3 Å². The van der Waals surface area contributed by atoms with Crippen molar-refractivity contribution in [2.75, 3.05) is 0 Å². The monoisotopic (exact) mass is 341 g/mol. The zero-order chi connectivity index (χ0) is 14.7. The third-order valence-electron chi connectivity index (χ3n) is 3.57. The molecule has 1 heterocycles. The van der Waals surface area contributed by atoms with Crippen molar-refractivity contribution < 1.29 is 0 Å². The minimum atomic E-state index is 0.0447. The van der Waals surface area contributed by atoms with Crippen molar-refractivity contribution in [2.45, 2.75) is 12.5 Å². The van der Waals surface area contributed by atoms with E-state index >= 15 is 0 Å². The summed E-state index contributed by atoms with van der Waals surface area (Å²) in [6.45, 7) is 0. The number of nitrogens with one attached hydrogen (secondary N) is 1. The molecule has 0 amide bonds. The van der Waals surface area contributed by atoms with E-state index in [9.17, 15) is 0 Å². The molecule has 0 aliphatic carbocycles. The average Bonchev–Trinajstić information content (AvgIpc) is 2.54. The van der Waals surface area contributed by atoms with Crippen LogP contribution in [0.15, 0.2) is 65.3 Å². The maximum Gasteiger partial charge on any atom is 0.0702 e. The van der Waals surface area contributed by atoms with E-state index in [1.54, 1.807) is 0 Å². The molecular weight excluding hydrogens is 326 g/mol. The van der Waals surface area contributed by atoms with Gasteiger partial charge in [-0.05, 0) is 41.8 Å². The van der Waals surface area contributed by atoms with Crippen LogP contribution in [0.3, 0.4) is 0 Å². The molecule has 3 nitrogen and oxygen atoms in total.